The fraction of sp³-hybridized carbons (Fsp3) is 0.444. The molecule has 1 fully saturated rings. The highest BCUT2D eigenvalue weighted by Crippen LogP contribution is 2.29. The number of alkyl halides is 2. The number of ether oxygens (including phenoxy) is 1. The van der Waals surface area contributed by atoms with Gasteiger partial charge in [-0.15, -0.1) is 0 Å². The summed E-state index contributed by atoms with van der Waals surface area (Å²) in [5, 5.41) is 9.09. The van der Waals surface area contributed by atoms with Crippen molar-refractivity contribution in [2.24, 2.45) is 0 Å². The van der Waals surface area contributed by atoms with E-state index in [4.69, 9.17) is 9.84 Å². The van der Waals surface area contributed by atoms with Crippen LogP contribution < -0.4 is 4.90 Å². The lowest BCUT2D eigenvalue weighted by atomic mass is 10.1. The molecule has 0 aliphatic carbocycles. The average Bonchev–Trinajstić information content (AvgIpc) is 3.13. The van der Waals surface area contributed by atoms with Gasteiger partial charge in [0.15, 0.2) is 5.82 Å². The van der Waals surface area contributed by atoms with Crippen molar-refractivity contribution in [3.63, 3.8) is 0 Å². The number of aliphatic hydroxyl groups excluding tert-OH is 1. The quantitative estimate of drug-likeness (QED) is 0.688. The zero-order valence-electron chi connectivity index (χ0n) is 15.1. The molecule has 1 aliphatic heterocycles. The molecule has 0 spiro atoms. The molecule has 0 bridgehead atoms. The molecule has 0 saturated carbocycles. The van der Waals surface area contributed by atoms with Gasteiger partial charge in [-0.3, -0.25) is 4.57 Å². The number of rotatable bonds is 6. The number of halogens is 2. The molecule has 28 heavy (non-hydrogen) atoms. The van der Waals surface area contributed by atoms with Crippen molar-refractivity contribution in [1.82, 2.24) is 24.5 Å². The highest BCUT2D eigenvalue weighted by atomic mass is 19.3. The van der Waals surface area contributed by atoms with E-state index in [2.05, 4.69) is 19.9 Å². The van der Waals surface area contributed by atoms with Crippen LogP contribution in [0.5, 0.6) is 0 Å². The Morgan fingerprint density at radius 2 is 1.89 bits per heavy atom. The molecule has 148 valence electrons. The number of benzene rings is 1. The van der Waals surface area contributed by atoms with Crippen LogP contribution in [0.4, 0.5) is 14.7 Å². The Bertz CT molecular complexity index is 958. The fourth-order valence-corrected chi connectivity index (χ4v) is 3.31. The third kappa shape index (κ3) is 3.52. The number of imidazole rings is 1. The second kappa shape index (κ2) is 8.11. The second-order valence-corrected chi connectivity index (χ2v) is 6.40. The normalized spacial score (nSPS) is 14.9. The number of aliphatic hydroxyl groups is 1. The van der Waals surface area contributed by atoms with Crippen LogP contribution >= 0.6 is 0 Å². The standard InChI is InChI=1S/C18H20F2N6O2/c19-15(20)16-23-14-12(4-2-8-27)3-1-5-13(14)26(16)18-22-11-21-17(24-18)25-6-9-28-10-7-25/h1,3,5,11,15,27H,2,4,6-10H2. The maximum absolute atomic E-state index is 13.8. The largest absolute Gasteiger partial charge is 0.396 e. The van der Waals surface area contributed by atoms with E-state index >= 15 is 0 Å². The summed E-state index contributed by atoms with van der Waals surface area (Å²) in [6.07, 6.45) is -0.391. The minimum absolute atomic E-state index is 0.0230. The SMILES string of the molecule is OCCCc1cccc2c1nc(C(F)F)n2-c1ncnc(N2CCOCC2)n1. The third-order valence-corrected chi connectivity index (χ3v) is 4.63. The molecule has 4 rings (SSSR count). The summed E-state index contributed by atoms with van der Waals surface area (Å²) >= 11 is 0. The second-order valence-electron chi connectivity index (χ2n) is 6.40. The number of hydrogen-bond acceptors (Lipinski definition) is 7. The average molecular weight is 390 g/mol. The Labute approximate surface area is 159 Å². The molecule has 3 heterocycles. The van der Waals surface area contributed by atoms with Crippen LogP contribution in [0, 0.1) is 0 Å². The van der Waals surface area contributed by atoms with Crippen LogP contribution in [0.3, 0.4) is 0 Å². The summed E-state index contributed by atoms with van der Waals surface area (Å²) < 4.78 is 34.2. The van der Waals surface area contributed by atoms with Crippen molar-refractivity contribution in [2.45, 2.75) is 19.3 Å². The Morgan fingerprint density at radius 3 is 2.64 bits per heavy atom. The van der Waals surface area contributed by atoms with Crippen molar-refractivity contribution in [3.05, 3.63) is 35.9 Å². The van der Waals surface area contributed by atoms with Gasteiger partial charge in [0.1, 0.15) is 6.33 Å². The number of hydrogen-bond donors (Lipinski definition) is 1. The summed E-state index contributed by atoms with van der Waals surface area (Å²) in [6, 6.07) is 5.33. The molecular weight excluding hydrogens is 370 g/mol. The Kier molecular flexibility index (Phi) is 5.40. The molecule has 1 saturated heterocycles. The lowest BCUT2D eigenvalue weighted by molar-refractivity contribution is 0.122. The highest BCUT2D eigenvalue weighted by Gasteiger charge is 2.24. The van der Waals surface area contributed by atoms with E-state index in [9.17, 15) is 8.78 Å². The maximum atomic E-state index is 13.8. The molecule has 1 N–H and O–H groups in total. The van der Waals surface area contributed by atoms with E-state index in [-0.39, 0.29) is 12.6 Å². The van der Waals surface area contributed by atoms with Crippen LogP contribution in [0.1, 0.15) is 24.2 Å². The van der Waals surface area contributed by atoms with Gasteiger partial charge in [-0.25, -0.2) is 23.7 Å². The monoisotopic (exact) mass is 390 g/mol. The molecule has 0 radical (unpaired) electrons. The van der Waals surface area contributed by atoms with E-state index in [1.807, 2.05) is 11.0 Å². The molecule has 2 aromatic heterocycles. The zero-order chi connectivity index (χ0) is 19.5. The minimum atomic E-state index is -2.79. The fourth-order valence-electron chi connectivity index (χ4n) is 3.31. The van der Waals surface area contributed by atoms with Crippen molar-refractivity contribution in [2.75, 3.05) is 37.8 Å². The van der Waals surface area contributed by atoms with Crippen LogP contribution in [0.25, 0.3) is 17.0 Å². The molecule has 0 unspecified atom stereocenters. The van der Waals surface area contributed by atoms with Gasteiger partial charge in [0.2, 0.25) is 11.9 Å². The van der Waals surface area contributed by atoms with Gasteiger partial charge in [0, 0.05) is 19.7 Å². The van der Waals surface area contributed by atoms with Crippen LogP contribution in [0.2, 0.25) is 0 Å². The first kappa shape index (κ1) is 18.6. The van der Waals surface area contributed by atoms with Gasteiger partial charge < -0.3 is 14.7 Å². The van der Waals surface area contributed by atoms with Gasteiger partial charge in [-0.2, -0.15) is 4.98 Å². The van der Waals surface area contributed by atoms with Crippen LogP contribution in [-0.4, -0.2) is 62.5 Å². The van der Waals surface area contributed by atoms with Crippen molar-refractivity contribution in [1.29, 1.82) is 0 Å². The van der Waals surface area contributed by atoms with E-state index in [1.54, 1.807) is 12.1 Å². The number of anilines is 1. The van der Waals surface area contributed by atoms with Crippen molar-refractivity contribution >= 4 is 17.0 Å². The number of morpholine rings is 1. The van der Waals surface area contributed by atoms with Crippen LogP contribution in [0.15, 0.2) is 24.5 Å². The molecule has 10 heteroatoms. The molecule has 0 atom stereocenters. The van der Waals surface area contributed by atoms with E-state index in [0.717, 1.165) is 5.56 Å². The highest BCUT2D eigenvalue weighted by molar-refractivity contribution is 5.81. The van der Waals surface area contributed by atoms with Gasteiger partial charge >= 0.3 is 0 Å². The zero-order valence-corrected chi connectivity index (χ0v) is 15.1. The summed E-state index contributed by atoms with van der Waals surface area (Å²) in [5.41, 5.74) is 1.78. The van der Waals surface area contributed by atoms with Crippen LogP contribution in [-0.2, 0) is 11.2 Å². The first-order chi connectivity index (χ1) is 13.7. The summed E-state index contributed by atoms with van der Waals surface area (Å²) in [4.78, 5) is 18.9. The van der Waals surface area contributed by atoms with Gasteiger partial charge in [0.25, 0.3) is 6.43 Å². The molecule has 1 aromatic carbocycles. The first-order valence-corrected chi connectivity index (χ1v) is 9.10. The molecule has 8 nitrogen and oxygen atoms in total. The summed E-state index contributed by atoms with van der Waals surface area (Å²) in [6.45, 7) is 2.40. The topological polar surface area (TPSA) is 89.2 Å². The predicted octanol–water partition coefficient (Wildman–Crippen LogP) is 1.91. The number of fused-ring (bicyclic) bond motifs is 1. The lowest BCUT2D eigenvalue weighted by Gasteiger charge is -2.26. The van der Waals surface area contributed by atoms with E-state index in [1.165, 1.54) is 10.9 Å². The summed E-state index contributed by atoms with van der Waals surface area (Å²) in [5.74, 6) is 0.117. The predicted molar refractivity (Wildman–Crippen MR) is 97.9 cm³/mol. The number of nitrogens with zero attached hydrogens (tertiary/aromatic N) is 6. The number of para-hydroxylation sites is 1. The molecular formula is C18H20F2N6O2. The first-order valence-electron chi connectivity index (χ1n) is 9.10. The Balaban J connectivity index is 1.82. The minimum Gasteiger partial charge on any atom is -0.396 e. The van der Waals surface area contributed by atoms with Crippen molar-refractivity contribution in [3.8, 4) is 5.95 Å². The van der Waals surface area contributed by atoms with Crippen molar-refractivity contribution < 1.29 is 18.6 Å². The Hall–Kier alpha value is -2.72. The maximum Gasteiger partial charge on any atom is 0.296 e. The van der Waals surface area contributed by atoms with Gasteiger partial charge in [-0.05, 0) is 24.5 Å². The van der Waals surface area contributed by atoms with E-state index in [0.29, 0.717) is 56.1 Å². The lowest BCUT2D eigenvalue weighted by Crippen LogP contribution is -2.37. The number of aryl methyl sites for hydroxylation is 1. The summed E-state index contributed by atoms with van der Waals surface area (Å²) in [7, 11) is 0. The van der Waals surface area contributed by atoms with Gasteiger partial charge in [0.05, 0.1) is 24.2 Å². The smallest absolute Gasteiger partial charge is 0.296 e. The molecule has 0 amide bonds. The Morgan fingerprint density at radius 1 is 1.11 bits per heavy atom. The number of aromatic nitrogens is 5. The van der Waals surface area contributed by atoms with Gasteiger partial charge in [-0.1, -0.05) is 12.1 Å². The molecule has 1 aliphatic rings. The third-order valence-electron chi connectivity index (χ3n) is 4.63. The molecule has 3 aromatic rings. The van der Waals surface area contributed by atoms with E-state index < -0.39 is 12.2 Å².